The van der Waals surface area contributed by atoms with Gasteiger partial charge < -0.3 is 14.5 Å². The molecule has 5 aromatic carbocycles. The van der Waals surface area contributed by atoms with E-state index >= 15 is 0 Å². The molecule has 2 atom stereocenters. The number of para-hydroxylation sites is 1. The predicted octanol–water partition coefficient (Wildman–Crippen LogP) is 10.5. The highest BCUT2D eigenvalue weighted by Gasteiger charge is 2.69. The molecule has 0 N–H and O–H groups in total. The molecule has 6 heterocycles. The largest absolute Gasteiger partial charge is 0.456 e. The molecule has 0 bridgehead atoms. The second kappa shape index (κ2) is 9.21. The zero-order valence-electron chi connectivity index (χ0n) is 30.2. The Hall–Kier alpha value is -5.55. The Balaban J connectivity index is 1.32. The van der Waals surface area contributed by atoms with Gasteiger partial charge >= 0.3 is 0 Å². The second-order valence-corrected chi connectivity index (χ2v) is 17.0. The van der Waals surface area contributed by atoms with Gasteiger partial charge in [-0.15, -0.1) is 0 Å². The van der Waals surface area contributed by atoms with Gasteiger partial charge in [0.1, 0.15) is 17.0 Å². The molecule has 5 heteroatoms. The van der Waals surface area contributed by atoms with Gasteiger partial charge in [-0.3, -0.25) is 0 Å². The maximum atomic E-state index is 7.17. The van der Waals surface area contributed by atoms with Gasteiger partial charge in [-0.05, 0) is 87.7 Å². The minimum Gasteiger partial charge on any atom is -0.456 e. The van der Waals surface area contributed by atoms with E-state index in [1.54, 1.807) is 0 Å². The second-order valence-electron chi connectivity index (χ2n) is 17.0. The molecule has 250 valence electrons. The molecule has 0 saturated carbocycles. The van der Waals surface area contributed by atoms with E-state index in [0.717, 1.165) is 11.5 Å². The first-order chi connectivity index (χ1) is 24.5. The SMILES string of the molecule is CN1c2ccc(-c3ccccc3)cc2N2c3cc(C(C)(C)C)cc4c3C3(c5c(ccc6c7ccccc7n(c56)-c5cc(C(C)(C)C)cc[n+]53)O4)C12. The number of fused-ring (bicyclic) bond motifs is 9. The van der Waals surface area contributed by atoms with Crippen LogP contribution in [0.3, 0.4) is 0 Å². The van der Waals surface area contributed by atoms with Gasteiger partial charge in [0.15, 0.2) is 11.7 Å². The zero-order chi connectivity index (χ0) is 34.8. The fourth-order valence-corrected chi connectivity index (χ4v) is 9.70. The predicted molar refractivity (Wildman–Crippen MR) is 207 cm³/mol. The van der Waals surface area contributed by atoms with E-state index in [0.29, 0.717) is 0 Å². The Bertz CT molecular complexity index is 2670. The van der Waals surface area contributed by atoms with Crippen molar-refractivity contribution in [3.63, 3.8) is 0 Å². The van der Waals surface area contributed by atoms with Crippen LogP contribution >= 0.6 is 0 Å². The summed E-state index contributed by atoms with van der Waals surface area (Å²) in [6.07, 6.45) is 2.30. The third kappa shape index (κ3) is 3.45. The highest BCUT2D eigenvalue weighted by Crippen LogP contribution is 2.66. The lowest BCUT2D eigenvalue weighted by Gasteiger charge is -2.43. The molecule has 4 aliphatic heterocycles. The normalized spacial score (nSPS) is 19.2. The van der Waals surface area contributed by atoms with Crippen molar-refractivity contribution in [1.82, 2.24) is 4.57 Å². The summed E-state index contributed by atoms with van der Waals surface area (Å²) >= 11 is 0. The quantitative estimate of drug-likeness (QED) is 0.163. The number of hydrogen-bond acceptors (Lipinski definition) is 3. The fourth-order valence-electron chi connectivity index (χ4n) is 9.70. The van der Waals surface area contributed by atoms with Crippen molar-refractivity contribution in [1.29, 1.82) is 0 Å². The first kappa shape index (κ1) is 29.2. The molecule has 11 rings (SSSR count). The van der Waals surface area contributed by atoms with E-state index < -0.39 is 5.54 Å². The van der Waals surface area contributed by atoms with E-state index in [9.17, 15) is 0 Å². The van der Waals surface area contributed by atoms with Crippen molar-refractivity contribution in [2.24, 2.45) is 0 Å². The van der Waals surface area contributed by atoms with Crippen LogP contribution in [0.4, 0.5) is 17.1 Å². The maximum Gasteiger partial charge on any atom is 0.288 e. The van der Waals surface area contributed by atoms with Crippen LogP contribution in [0.15, 0.2) is 115 Å². The first-order valence-electron chi connectivity index (χ1n) is 18.2. The van der Waals surface area contributed by atoms with Gasteiger partial charge in [0, 0.05) is 23.9 Å². The Kier molecular flexibility index (Phi) is 5.27. The highest BCUT2D eigenvalue weighted by atomic mass is 16.5. The minimum absolute atomic E-state index is 0.0201. The molecule has 0 fully saturated rings. The van der Waals surface area contributed by atoms with Crippen LogP contribution in [0.1, 0.15) is 63.8 Å². The lowest BCUT2D eigenvalue weighted by Crippen LogP contribution is -2.70. The van der Waals surface area contributed by atoms with Gasteiger partial charge in [-0.25, -0.2) is 4.57 Å². The highest BCUT2D eigenvalue weighted by molar-refractivity contribution is 6.12. The molecule has 0 aliphatic carbocycles. The van der Waals surface area contributed by atoms with Crippen LogP contribution in [0.5, 0.6) is 11.5 Å². The van der Waals surface area contributed by atoms with Gasteiger partial charge in [-0.2, -0.15) is 4.57 Å². The summed E-state index contributed by atoms with van der Waals surface area (Å²) in [6.45, 7) is 13.9. The molecule has 51 heavy (non-hydrogen) atoms. The molecular formula is C46H41N4O+. The summed E-state index contributed by atoms with van der Waals surface area (Å²) in [5.74, 6) is 3.08. The molecule has 0 amide bonds. The zero-order valence-corrected chi connectivity index (χ0v) is 30.2. The number of anilines is 3. The maximum absolute atomic E-state index is 7.17. The third-order valence-electron chi connectivity index (χ3n) is 12.1. The van der Waals surface area contributed by atoms with E-state index in [4.69, 9.17) is 4.74 Å². The molecule has 0 saturated heterocycles. The average molecular weight is 666 g/mol. The lowest BCUT2D eigenvalue weighted by molar-refractivity contribution is -0.741. The van der Waals surface area contributed by atoms with Gasteiger partial charge in [0.25, 0.3) is 5.82 Å². The summed E-state index contributed by atoms with van der Waals surface area (Å²) in [6, 6.07) is 40.8. The van der Waals surface area contributed by atoms with Crippen molar-refractivity contribution in [2.75, 3.05) is 16.8 Å². The average Bonchev–Trinajstić information content (AvgIpc) is 3.73. The standard InChI is InChI=1S/C46H41N4O/c1-44(2,3)29-21-22-48-39(26-29)50-33-16-12-11-15-31(33)32-18-20-37-41(42(32)50)46(48)40-36(24-30(45(4,5)6)25-38(40)51-37)49-35-23-28(27-13-9-8-10-14-27)17-19-34(35)47(7)43(46)49/h8-26,43H,1-7H3/q+1. The summed E-state index contributed by atoms with van der Waals surface area (Å²) in [5, 5.41) is 2.53. The Labute approximate surface area is 298 Å². The summed E-state index contributed by atoms with van der Waals surface area (Å²) in [5.41, 5.74) is 13.0. The molecule has 0 radical (unpaired) electrons. The molecule has 7 aromatic rings. The van der Waals surface area contributed by atoms with Gasteiger partial charge in [-0.1, -0.05) is 90.1 Å². The lowest BCUT2D eigenvalue weighted by atomic mass is 9.75. The van der Waals surface area contributed by atoms with E-state index in [-0.39, 0.29) is 17.0 Å². The van der Waals surface area contributed by atoms with Crippen molar-refractivity contribution in [3.05, 3.63) is 138 Å². The summed E-state index contributed by atoms with van der Waals surface area (Å²) in [4.78, 5) is 5.17. The number of benzene rings is 5. The van der Waals surface area contributed by atoms with Crippen LogP contribution in [-0.2, 0) is 16.4 Å². The molecular weight excluding hydrogens is 625 g/mol. The number of ether oxygens (including phenoxy) is 1. The Morgan fingerprint density at radius 2 is 1.39 bits per heavy atom. The molecule has 2 aromatic heterocycles. The number of nitrogens with zero attached hydrogens (tertiary/aromatic N) is 4. The number of aromatic nitrogens is 2. The third-order valence-corrected chi connectivity index (χ3v) is 12.1. The van der Waals surface area contributed by atoms with Crippen molar-refractivity contribution < 1.29 is 9.30 Å². The van der Waals surface area contributed by atoms with E-state index in [1.807, 2.05) is 0 Å². The van der Waals surface area contributed by atoms with Gasteiger partial charge in [0.2, 0.25) is 5.54 Å². The number of hydrogen-bond donors (Lipinski definition) is 0. The smallest absolute Gasteiger partial charge is 0.288 e. The molecule has 2 unspecified atom stereocenters. The van der Waals surface area contributed by atoms with Crippen LogP contribution in [0.2, 0.25) is 0 Å². The van der Waals surface area contributed by atoms with Crippen LogP contribution < -0.4 is 19.1 Å². The van der Waals surface area contributed by atoms with Crippen LogP contribution in [-0.4, -0.2) is 17.8 Å². The first-order valence-corrected chi connectivity index (χ1v) is 18.2. The van der Waals surface area contributed by atoms with Crippen LogP contribution in [0.25, 0.3) is 38.8 Å². The van der Waals surface area contributed by atoms with Crippen molar-refractivity contribution in [3.8, 4) is 28.4 Å². The summed E-state index contributed by atoms with van der Waals surface area (Å²) < 4.78 is 12.3. The van der Waals surface area contributed by atoms with E-state index in [2.05, 4.69) is 183 Å². The summed E-state index contributed by atoms with van der Waals surface area (Å²) in [7, 11) is 2.29. The number of likely N-dealkylation sites (N-methyl/N-ethyl adjacent to an activating group) is 1. The number of pyridine rings is 1. The minimum atomic E-state index is -0.606. The number of rotatable bonds is 1. The van der Waals surface area contributed by atoms with Crippen LogP contribution in [0, 0.1) is 0 Å². The Morgan fingerprint density at radius 3 is 2.18 bits per heavy atom. The molecule has 1 spiro atoms. The molecule has 4 aliphatic rings. The Morgan fingerprint density at radius 1 is 0.627 bits per heavy atom. The topological polar surface area (TPSA) is 24.5 Å². The molecule has 5 nitrogen and oxygen atoms in total. The van der Waals surface area contributed by atoms with Crippen molar-refractivity contribution in [2.45, 2.75) is 64.1 Å². The van der Waals surface area contributed by atoms with Gasteiger partial charge in [0.05, 0.1) is 34.4 Å². The van der Waals surface area contributed by atoms with E-state index in [1.165, 1.54) is 78.1 Å². The monoisotopic (exact) mass is 665 g/mol. The fraction of sp³-hybridized carbons (Fsp3) is 0.239. The van der Waals surface area contributed by atoms with Crippen molar-refractivity contribution >= 4 is 38.9 Å².